The van der Waals surface area contributed by atoms with Crippen molar-refractivity contribution in [2.45, 2.75) is 13.8 Å². The van der Waals surface area contributed by atoms with Gasteiger partial charge in [0.15, 0.2) is 22.5 Å². The number of methoxy groups -OCH3 is 2. The highest BCUT2D eigenvalue weighted by Gasteiger charge is 2.09. The van der Waals surface area contributed by atoms with Crippen LogP contribution in [0.3, 0.4) is 0 Å². The van der Waals surface area contributed by atoms with Crippen LogP contribution in [0.25, 0.3) is 0 Å². The van der Waals surface area contributed by atoms with Gasteiger partial charge in [-0.05, 0) is 26.0 Å². The fourth-order valence-corrected chi connectivity index (χ4v) is 1.92. The molecule has 1 aromatic carbocycles. The molecule has 0 bridgehead atoms. The first kappa shape index (κ1) is 14.4. The van der Waals surface area contributed by atoms with Crippen LogP contribution in [0, 0.1) is 13.8 Å². The van der Waals surface area contributed by atoms with E-state index in [9.17, 15) is 0 Å². The van der Waals surface area contributed by atoms with Gasteiger partial charge in [0.25, 0.3) is 0 Å². The molecule has 1 heterocycles. The molecular formula is C14H16ClN3O2. The fraction of sp³-hybridized carbons (Fsp3) is 0.286. The number of nitrogens with zero attached hydrogens (tertiary/aromatic N) is 2. The van der Waals surface area contributed by atoms with Gasteiger partial charge < -0.3 is 14.8 Å². The fourth-order valence-electron chi connectivity index (χ4n) is 1.71. The predicted molar refractivity (Wildman–Crippen MR) is 79.3 cm³/mol. The quantitative estimate of drug-likeness (QED) is 0.935. The average molecular weight is 294 g/mol. The zero-order valence-corrected chi connectivity index (χ0v) is 12.6. The van der Waals surface area contributed by atoms with Crippen molar-refractivity contribution in [3.63, 3.8) is 0 Å². The Morgan fingerprint density at radius 2 is 1.65 bits per heavy atom. The molecule has 1 N–H and O–H groups in total. The van der Waals surface area contributed by atoms with Crippen LogP contribution in [0.2, 0.25) is 5.15 Å². The van der Waals surface area contributed by atoms with Gasteiger partial charge in [-0.1, -0.05) is 11.6 Å². The van der Waals surface area contributed by atoms with Gasteiger partial charge in [0.05, 0.1) is 25.6 Å². The van der Waals surface area contributed by atoms with Crippen molar-refractivity contribution in [3.05, 3.63) is 34.7 Å². The molecule has 0 amide bonds. The van der Waals surface area contributed by atoms with Crippen LogP contribution in [-0.4, -0.2) is 24.2 Å². The van der Waals surface area contributed by atoms with Crippen molar-refractivity contribution in [2.24, 2.45) is 0 Å². The average Bonchev–Trinajstić information content (AvgIpc) is 2.44. The molecule has 5 nitrogen and oxygen atoms in total. The first-order valence-electron chi connectivity index (χ1n) is 6.05. The standard InChI is InChI=1S/C14H16ClN3O2/c1-8-9(2)17-14(13(15)16-8)18-10-5-6-11(19-3)12(7-10)20-4/h5-7H,1-4H3,(H,17,18). The van der Waals surface area contributed by atoms with E-state index >= 15 is 0 Å². The van der Waals surface area contributed by atoms with Crippen LogP contribution in [0.5, 0.6) is 11.5 Å². The molecule has 2 aromatic rings. The van der Waals surface area contributed by atoms with Crippen molar-refractivity contribution in [1.29, 1.82) is 0 Å². The van der Waals surface area contributed by atoms with E-state index in [-0.39, 0.29) is 0 Å². The SMILES string of the molecule is COc1ccc(Nc2nc(C)c(C)nc2Cl)cc1OC. The number of halogens is 1. The summed E-state index contributed by atoms with van der Waals surface area (Å²) in [6.07, 6.45) is 0. The number of benzene rings is 1. The molecule has 0 saturated carbocycles. The maximum absolute atomic E-state index is 6.09. The second-order valence-electron chi connectivity index (χ2n) is 4.23. The van der Waals surface area contributed by atoms with Crippen molar-refractivity contribution in [1.82, 2.24) is 9.97 Å². The molecule has 0 saturated heterocycles. The number of rotatable bonds is 4. The van der Waals surface area contributed by atoms with E-state index in [1.54, 1.807) is 14.2 Å². The molecular weight excluding hydrogens is 278 g/mol. The summed E-state index contributed by atoms with van der Waals surface area (Å²) in [5.41, 5.74) is 2.44. The molecule has 106 valence electrons. The molecule has 0 unspecified atom stereocenters. The summed E-state index contributed by atoms with van der Waals surface area (Å²) in [5.74, 6) is 1.81. The zero-order valence-electron chi connectivity index (χ0n) is 11.8. The molecule has 0 aliphatic heterocycles. The number of aromatic nitrogens is 2. The summed E-state index contributed by atoms with van der Waals surface area (Å²) in [7, 11) is 3.18. The van der Waals surface area contributed by atoms with Crippen LogP contribution < -0.4 is 14.8 Å². The molecule has 0 fully saturated rings. The summed E-state index contributed by atoms with van der Waals surface area (Å²) < 4.78 is 10.4. The van der Waals surface area contributed by atoms with Crippen LogP contribution in [0.1, 0.15) is 11.4 Å². The molecule has 0 spiro atoms. The van der Waals surface area contributed by atoms with Gasteiger partial charge in [-0.2, -0.15) is 0 Å². The Labute approximate surface area is 122 Å². The van der Waals surface area contributed by atoms with Gasteiger partial charge in [-0.3, -0.25) is 0 Å². The second kappa shape index (κ2) is 5.96. The lowest BCUT2D eigenvalue weighted by molar-refractivity contribution is 0.355. The van der Waals surface area contributed by atoms with Gasteiger partial charge >= 0.3 is 0 Å². The lowest BCUT2D eigenvalue weighted by Gasteiger charge is -2.12. The van der Waals surface area contributed by atoms with Gasteiger partial charge in [0.2, 0.25) is 0 Å². The minimum absolute atomic E-state index is 0.336. The summed E-state index contributed by atoms with van der Waals surface area (Å²) in [4.78, 5) is 8.62. The number of hydrogen-bond donors (Lipinski definition) is 1. The molecule has 0 atom stereocenters. The summed E-state index contributed by atoms with van der Waals surface area (Å²) in [6, 6.07) is 5.48. The van der Waals surface area contributed by atoms with E-state index in [1.807, 2.05) is 32.0 Å². The second-order valence-corrected chi connectivity index (χ2v) is 4.59. The first-order valence-corrected chi connectivity index (χ1v) is 6.42. The third-order valence-corrected chi connectivity index (χ3v) is 3.17. The highest BCUT2D eigenvalue weighted by Crippen LogP contribution is 2.31. The third-order valence-electron chi connectivity index (χ3n) is 2.91. The minimum Gasteiger partial charge on any atom is -0.493 e. The van der Waals surface area contributed by atoms with Gasteiger partial charge in [0, 0.05) is 11.8 Å². The summed E-state index contributed by atoms with van der Waals surface area (Å²) in [5, 5.41) is 3.46. The maximum Gasteiger partial charge on any atom is 0.172 e. The molecule has 0 aliphatic rings. The van der Waals surface area contributed by atoms with Gasteiger partial charge in [-0.15, -0.1) is 0 Å². The molecule has 1 aromatic heterocycles. The molecule has 20 heavy (non-hydrogen) atoms. The lowest BCUT2D eigenvalue weighted by atomic mass is 10.2. The van der Waals surface area contributed by atoms with E-state index in [4.69, 9.17) is 21.1 Å². The van der Waals surface area contributed by atoms with Crippen LogP contribution >= 0.6 is 11.6 Å². The maximum atomic E-state index is 6.09. The van der Waals surface area contributed by atoms with Crippen LogP contribution in [-0.2, 0) is 0 Å². The Balaban J connectivity index is 2.33. The number of anilines is 2. The number of hydrogen-bond acceptors (Lipinski definition) is 5. The van der Waals surface area contributed by atoms with Crippen LogP contribution in [0.4, 0.5) is 11.5 Å². The smallest absolute Gasteiger partial charge is 0.172 e. The Morgan fingerprint density at radius 1 is 1.00 bits per heavy atom. The largest absolute Gasteiger partial charge is 0.493 e. The van der Waals surface area contributed by atoms with Gasteiger partial charge in [-0.25, -0.2) is 9.97 Å². The molecule has 6 heteroatoms. The minimum atomic E-state index is 0.336. The number of aryl methyl sites for hydroxylation is 2. The molecule has 2 rings (SSSR count). The topological polar surface area (TPSA) is 56.3 Å². The third kappa shape index (κ3) is 2.93. The van der Waals surface area contributed by atoms with Crippen molar-refractivity contribution < 1.29 is 9.47 Å². The Kier molecular flexibility index (Phi) is 4.29. The van der Waals surface area contributed by atoms with E-state index in [0.29, 0.717) is 22.5 Å². The van der Waals surface area contributed by atoms with Crippen molar-refractivity contribution in [3.8, 4) is 11.5 Å². The monoisotopic (exact) mass is 293 g/mol. The number of nitrogens with one attached hydrogen (secondary N) is 1. The predicted octanol–water partition coefficient (Wildman–Crippen LogP) is 3.51. The molecule has 0 aliphatic carbocycles. The summed E-state index contributed by atoms with van der Waals surface area (Å²) in [6.45, 7) is 3.76. The first-order chi connectivity index (χ1) is 9.55. The van der Waals surface area contributed by atoms with Crippen molar-refractivity contribution >= 4 is 23.1 Å². The normalized spacial score (nSPS) is 10.2. The van der Waals surface area contributed by atoms with Gasteiger partial charge in [0.1, 0.15) is 0 Å². The summed E-state index contributed by atoms with van der Waals surface area (Å²) >= 11 is 6.09. The Bertz CT molecular complexity index is 632. The highest BCUT2D eigenvalue weighted by atomic mass is 35.5. The van der Waals surface area contributed by atoms with E-state index in [2.05, 4.69) is 15.3 Å². The van der Waals surface area contributed by atoms with E-state index in [0.717, 1.165) is 17.1 Å². The van der Waals surface area contributed by atoms with Crippen molar-refractivity contribution in [2.75, 3.05) is 19.5 Å². The van der Waals surface area contributed by atoms with E-state index in [1.165, 1.54) is 0 Å². The zero-order chi connectivity index (χ0) is 14.7. The Hall–Kier alpha value is -2.01. The molecule has 0 radical (unpaired) electrons. The lowest BCUT2D eigenvalue weighted by Crippen LogP contribution is -2.01. The number of ether oxygens (including phenoxy) is 2. The van der Waals surface area contributed by atoms with Crippen LogP contribution in [0.15, 0.2) is 18.2 Å². The highest BCUT2D eigenvalue weighted by molar-refractivity contribution is 6.31. The Morgan fingerprint density at radius 3 is 2.30 bits per heavy atom. The van der Waals surface area contributed by atoms with E-state index < -0.39 is 0 Å².